The molecule has 106 valence electrons. The molecule has 4 nitrogen and oxygen atoms in total. The zero-order chi connectivity index (χ0) is 14.1. The first-order valence-electron chi connectivity index (χ1n) is 7.31. The maximum absolute atomic E-state index is 6.08. The molecule has 1 aliphatic heterocycles. The van der Waals surface area contributed by atoms with Crippen LogP contribution >= 0.6 is 0 Å². The normalized spacial score (nSPS) is 16.8. The molecule has 2 heterocycles. The molecule has 2 N–H and O–H groups in total. The Kier molecular flexibility index (Phi) is 3.49. The van der Waals surface area contributed by atoms with Crippen molar-refractivity contribution in [1.82, 2.24) is 9.88 Å². The van der Waals surface area contributed by atoms with Crippen LogP contribution in [0.4, 0.5) is 11.4 Å². The van der Waals surface area contributed by atoms with Gasteiger partial charge in [0.15, 0.2) is 0 Å². The molecule has 1 aromatic heterocycles. The SMILES string of the molecule is CCN1CCN(c2ccc(N)c3cnc(C)cc23)CC1. The molecule has 1 saturated heterocycles. The van der Waals surface area contributed by atoms with Crippen LogP contribution in [-0.2, 0) is 0 Å². The third-order valence-corrected chi connectivity index (χ3v) is 4.21. The van der Waals surface area contributed by atoms with Gasteiger partial charge in [0.2, 0.25) is 0 Å². The first kappa shape index (κ1) is 13.2. The molecule has 0 aliphatic carbocycles. The number of aromatic nitrogens is 1. The highest BCUT2D eigenvalue weighted by atomic mass is 15.3. The summed E-state index contributed by atoms with van der Waals surface area (Å²) < 4.78 is 0. The zero-order valence-electron chi connectivity index (χ0n) is 12.3. The number of hydrogen-bond donors (Lipinski definition) is 1. The molecule has 0 radical (unpaired) electrons. The summed E-state index contributed by atoms with van der Waals surface area (Å²) in [6.45, 7) is 9.81. The summed E-state index contributed by atoms with van der Waals surface area (Å²) in [4.78, 5) is 9.33. The van der Waals surface area contributed by atoms with Crippen LogP contribution in [0.5, 0.6) is 0 Å². The van der Waals surface area contributed by atoms with Crippen molar-refractivity contribution in [2.75, 3.05) is 43.4 Å². The predicted octanol–water partition coefficient (Wildman–Crippen LogP) is 2.27. The zero-order valence-corrected chi connectivity index (χ0v) is 12.3. The van der Waals surface area contributed by atoms with Gasteiger partial charge in [0.1, 0.15) is 0 Å². The molecule has 0 spiro atoms. The van der Waals surface area contributed by atoms with Gasteiger partial charge in [0, 0.05) is 60.2 Å². The van der Waals surface area contributed by atoms with Crippen molar-refractivity contribution in [3.63, 3.8) is 0 Å². The highest BCUT2D eigenvalue weighted by Gasteiger charge is 2.18. The quantitative estimate of drug-likeness (QED) is 0.850. The molecule has 3 rings (SSSR count). The fourth-order valence-corrected chi connectivity index (χ4v) is 2.93. The van der Waals surface area contributed by atoms with Crippen molar-refractivity contribution in [3.05, 3.63) is 30.1 Å². The van der Waals surface area contributed by atoms with Crippen molar-refractivity contribution < 1.29 is 0 Å². The number of nitrogens with zero attached hydrogens (tertiary/aromatic N) is 3. The lowest BCUT2D eigenvalue weighted by atomic mass is 10.1. The molecule has 1 aliphatic rings. The molecule has 1 fully saturated rings. The molecule has 1 aromatic carbocycles. The Morgan fingerprint density at radius 1 is 1.15 bits per heavy atom. The van der Waals surface area contributed by atoms with E-state index in [1.165, 1.54) is 11.1 Å². The second-order valence-corrected chi connectivity index (χ2v) is 5.47. The lowest BCUT2D eigenvalue weighted by Gasteiger charge is -2.36. The van der Waals surface area contributed by atoms with Gasteiger partial charge in [-0.1, -0.05) is 6.92 Å². The van der Waals surface area contributed by atoms with E-state index >= 15 is 0 Å². The standard InChI is InChI=1S/C16H22N4/c1-3-19-6-8-20(9-7-19)16-5-4-15(17)14-11-18-12(2)10-13(14)16/h4-5,10-11H,3,6-9,17H2,1-2H3. The summed E-state index contributed by atoms with van der Waals surface area (Å²) in [7, 11) is 0. The number of piperazine rings is 1. The van der Waals surface area contributed by atoms with E-state index in [4.69, 9.17) is 5.73 Å². The van der Waals surface area contributed by atoms with Gasteiger partial charge in [0.05, 0.1) is 0 Å². The van der Waals surface area contributed by atoms with Crippen LogP contribution in [0.3, 0.4) is 0 Å². The van der Waals surface area contributed by atoms with Gasteiger partial charge in [-0.2, -0.15) is 0 Å². The number of aryl methyl sites for hydroxylation is 1. The third-order valence-electron chi connectivity index (χ3n) is 4.21. The largest absolute Gasteiger partial charge is 0.398 e. The molecule has 0 saturated carbocycles. The van der Waals surface area contributed by atoms with Crippen molar-refractivity contribution in [1.29, 1.82) is 0 Å². The van der Waals surface area contributed by atoms with Crippen molar-refractivity contribution in [3.8, 4) is 0 Å². The maximum atomic E-state index is 6.08. The van der Waals surface area contributed by atoms with E-state index in [9.17, 15) is 0 Å². The van der Waals surface area contributed by atoms with E-state index in [0.717, 1.165) is 49.5 Å². The van der Waals surface area contributed by atoms with Gasteiger partial charge in [-0.3, -0.25) is 4.98 Å². The van der Waals surface area contributed by atoms with Crippen LogP contribution in [-0.4, -0.2) is 42.6 Å². The summed E-state index contributed by atoms with van der Waals surface area (Å²) in [6.07, 6.45) is 1.89. The summed E-state index contributed by atoms with van der Waals surface area (Å²) in [5, 5.41) is 2.29. The second kappa shape index (κ2) is 5.29. The second-order valence-electron chi connectivity index (χ2n) is 5.47. The Bertz CT molecular complexity index is 615. The van der Waals surface area contributed by atoms with Crippen LogP contribution in [0, 0.1) is 6.92 Å². The fourth-order valence-electron chi connectivity index (χ4n) is 2.93. The van der Waals surface area contributed by atoms with E-state index < -0.39 is 0 Å². The van der Waals surface area contributed by atoms with E-state index in [-0.39, 0.29) is 0 Å². The summed E-state index contributed by atoms with van der Waals surface area (Å²) in [5.74, 6) is 0. The van der Waals surface area contributed by atoms with Crippen molar-refractivity contribution >= 4 is 22.1 Å². The van der Waals surface area contributed by atoms with Gasteiger partial charge in [0.25, 0.3) is 0 Å². The minimum absolute atomic E-state index is 0.809. The summed E-state index contributed by atoms with van der Waals surface area (Å²) in [5.41, 5.74) is 9.22. The fraction of sp³-hybridized carbons (Fsp3) is 0.438. The average molecular weight is 270 g/mol. The minimum atomic E-state index is 0.809. The number of likely N-dealkylation sites (N-methyl/N-ethyl adjacent to an activating group) is 1. The minimum Gasteiger partial charge on any atom is -0.398 e. The molecule has 4 heteroatoms. The molecule has 0 atom stereocenters. The monoisotopic (exact) mass is 270 g/mol. The smallest absolute Gasteiger partial charge is 0.0449 e. The molecular weight excluding hydrogens is 248 g/mol. The van der Waals surface area contributed by atoms with Gasteiger partial charge >= 0.3 is 0 Å². The van der Waals surface area contributed by atoms with Crippen LogP contribution in [0.1, 0.15) is 12.6 Å². The topological polar surface area (TPSA) is 45.4 Å². The van der Waals surface area contributed by atoms with E-state index in [1.807, 2.05) is 19.2 Å². The molecule has 20 heavy (non-hydrogen) atoms. The van der Waals surface area contributed by atoms with Crippen molar-refractivity contribution in [2.45, 2.75) is 13.8 Å². The van der Waals surface area contributed by atoms with Gasteiger partial charge < -0.3 is 15.5 Å². The molecule has 0 unspecified atom stereocenters. The van der Waals surface area contributed by atoms with Crippen molar-refractivity contribution in [2.24, 2.45) is 0 Å². The summed E-state index contributed by atoms with van der Waals surface area (Å²) in [6, 6.07) is 6.30. The summed E-state index contributed by atoms with van der Waals surface area (Å²) >= 11 is 0. The Balaban J connectivity index is 1.99. The number of rotatable bonds is 2. The lowest BCUT2D eigenvalue weighted by molar-refractivity contribution is 0.271. The van der Waals surface area contributed by atoms with Crippen LogP contribution < -0.4 is 10.6 Å². The molecular formula is C16H22N4. The van der Waals surface area contributed by atoms with E-state index in [0.29, 0.717) is 0 Å². The number of nitrogens with two attached hydrogens (primary N) is 1. The highest BCUT2D eigenvalue weighted by molar-refractivity contribution is 6.01. The van der Waals surface area contributed by atoms with Gasteiger partial charge in [-0.25, -0.2) is 0 Å². The molecule has 2 aromatic rings. The Hall–Kier alpha value is -1.81. The highest BCUT2D eigenvalue weighted by Crippen LogP contribution is 2.31. The number of benzene rings is 1. The number of pyridine rings is 1. The molecule has 0 amide bonds. The van der Waals surface area contributed by atoms with Crippen LogP contribution in [0.25, 0.3) is 10.8 Å². The number of fused-ring (bicyclic) bond motifs is 1. The number of anilines is 2. The third kappa shape index (κ3) is 2.31. The molecule has 0 bridgehead atoms. The van der Waals surface area contributed by atoms with Crippen LogP contribution in [0.2, 0.25) is 0 Å². The maximum Gasteiger partial charge on any atom is 0.0449 e. The first-order valence-corrected chi connectivity index (χ1v) is 7.31. The Morgan fingerprint density at radius 2 is 1.90 bits per heavy atom. The number of nitrogen functional groups attached to an aromatic ring is 1. The predicted molar refractivity (Wildman–Crippen MR) is 85.2 cm³/mol. The average Bonchev–Trinajstić information content (AvgIpc) is 2.48. The van der Waals surface area contributed by atoms with Crippen LogP contribution in [0.15, 0.2) is 24.4 Å². The lowest BCUT2D eigenvalue weighted by Crippen LogP contribution is -2.46. The Labute approximate surface area is 120 Å². The van der Waals surface area contributed by atoms with E-state index in [1.54, 1.807) is 0 Å². The van der Waals surface area contributed by atoms with Gasteiger partial charge in [-0.05, 0) is 31.7 Å². The first-order chi connectivity index (χ1) is 9.69. The van der Waals surface area contributed by atoms with E-state index in [2.05, 4.69) is 33.8 Å². The number of hydrogen-bond acceptors (Lipinski definition) is 4. The Morgan fingerprint density at radius 3 is 2.60 bits per heavy atom. The van der Waals surface area contributed by atoms with Gasteiger partial charge in [-0.15, -0.1) is 0 Å².